The van der Waals surface area contributed by atoms with Gasteiger partial charge in [-0.3, -0.25) is 4.90 Å². The Morgan fingerprint density at radius 3 is 2.67 bits per heavy atom. The van der Waals surface area contributed by atoms with Gasteiger partial charge in [-0.15, -0.1) is 0 Å². The first kappa shape index (κ1) is 14.7. The Hall–Kier alpha value is -1.18. The zero-order valence-corrected chi connectivity index (χ0v) is 12.8. The summed E-state index contributed by atoms with van der Waals surface area (Å²) in [5.41, 5.74) is 5.36. The first-order valence-electron chi connectivity index (χ1n) is 7.16. The lowest BCUT2D eigenvalue weighted by molar-refractivity contribution is 0.246. The molecule has 2 atom stereocenters. The van der Waals surface area contributed by atoms with Crippen LogP contribution in [0.15, 0.2) is 23.1 Å². The molecule has 2 aliphatic heterocycles. The molecule has 2 bridgehead atoms. The molecular formula is C14H20FN3O2S. The quantitative estimate of drug-likeness (QED) is 0.835. The van der Waals surface area contributed by atoms with E-state index >= 15 is 0 Å². The summed E-state index contributed by atoms with van der Waals surface area (Å²) >= 11 is 0. The normalized spacial score (nSPS) is 27.7. The third-order valence-electron chi connectivity index (χ3n) is 4.72. The van der Waals surface area contributed by atoms with Crippen molar-refractivity contribution < 1.29 is 12.8 Å². The predicted octanol–water partition coefficient (Wildman–Crippen LogP) is 1.27. The first-order chi connectivity index (χ1) is 9.89. The molecule has 2 unspecified atom stereocenters. The molecule has 21 heavy (non-hydrogen) atoms. The SMILES string of the molecule is CN1C2CCC1CN(S(=O)(=O)c1ccc(F)c(N)c1)CC2. The van der Waals surface area contributed by atoms with Crippen LogP contribution in [0.25, 0.3) is 0 Å². The molecule has 0 aliphatic carbocycles. The molecule has 7 heteroatoms. The molecule has 0 radical (unpaired) electrons. The summed E-state index contributed by atoms with van der Waals surface area (Å²) in [5.74, 6) is -0.594. The van der Waals surface area contributed by atoms with Crippen LogP contribution in [0.1, 0.15) is 19.3 Å². The van der Waals surface area contributed by atoms with Gasteiger partial charge in [-0.05, 0) is 44.5 Å². The van der Waals surface area contributed by atoms with E-state index in [4.69, 9.17) is 5.73 Å². The molecule has 2 N–H and O–H groups in total. The molecule has 2 fully saturated rings. The van der Waals surface area contributed by atoms with Crippen LogP contribution < -0.4 is 5.73 Å². The summed E-state index contributed by atoms with van der Waals surface area (Å²) in [4.78, 5) is 2.36. The molecule has 0 amide bonds. The van der Waals surface area contributed by atoms with Gasteiger partial charge in [-0.2, -0.15) is 4.31 Å². The molecule has 0 saturated carbocycles. The number of rotatable bonds is 2. The average Bonchev–Trinajstić information content (AvgIpc) is 2.65. The van der Waals surface area contributed by atoms with Crippen molar-refractivity contribution in [2.24, 2.45) is 0 Å². The number of anilines is 1. The summed E-state index contributed by atoms with van der Waals surface area (Å²) in [6.07, 6.45) is 3.00. The second-order valence-corrected chi connectivity index (χ2v) is 7.82. The summed E-state index contributed by atoms with van der Waals surface area (Å²) in [5, 5.41) is 0. The van der Waals surface area contributed by atoms with Gasteiger partial charge >= 0.3 is 0 Å². The molecule has 2 saturated heterocycles. The Kier molecular flexibility index (Phi) is 3.67. The molecular weight excluding hydrogens is 293 g/mol. The first-order valence-corrected chi connectivity index (χ1v) is 8.60. The van der Waals surface area contributed by atoms with Crippen molar-refractivity contribution in [3.8, 4) is 0 Å². The van der Waals surface area contributed by atoms with E-state index in [0.29, 0.717) is 19.1 Å². The number of halogens is 1. The second kappa shape index (κ2) is 5.23. The van der Waals surface area contributed by atoms with Gasteiger partial charge in [0.15, 0.2) is 0 Å². The number of nitrogens with zero attached hydrogens (tertiary/aromatic N) is 2. The van der Waals surface area contributed by atoms with Crippen molar-refractivity contribution in [3.05, 3.63) is 24.0 Å². The zero-order valence-electron chi connectivity index (χ0n) is 12.0. The van der Waals surface area contributed by atoms with E-state index < -0.39 is 15.8 Å². The van der Waals surface area contributed by atoms with Crippen LogP contribution in [-0.4, -0.2) is 49.8 Å². The van der Waals surface area contributed by atoms with Crippen LogP contribution in [0.2, 0.25) is 0 Å². The van der Waals surface area contributed by atoms with Gasteiger partial charge in [0, 0.05) is 25.2 Å². The average molecular weight is 313 g/mol. The van der Waals surface area contributed by atoms with Crippen LogP contribution in [-0.2, 0) is 10.0 Å². The fourth-order valence-corrected chi connectivity index (χ4v) is 4.86. The molecule has 0 aromatic heterocycles. The van der Waals surface area contributed by atoms with E-state index in [-0.39, 0.29) is 16.6 Å². The van der Waals surface area contributed by atoms with Gasteiger partial charge in [0.05, 0.1) is 10.6 Å². The van der Waals surface area contributed by atoms with Crippen molar-refractivity contribution in [1.29, 1.82) is 0 Å². The number of fused-ring (bicyclic) bond motifs is 2. The number of hydrogen-bond acceptors (Lipinski definition) is 4. The van der Waals surface area contributed by atoms with Crippen LogP contribution >= 0.6 is 0 Å². The monoisotopic (exact) mass is 313 g/mol. The largest absolute Gasteiger partial charge is 0.396 e. The fraction of sp³-hybridized carbons (Fsp3) is 0.571. The van der Waals surface area contributed by atoms with Gasteiger partial charge in [0.25, 0.3) is 0 Å². The predicted molar refractivity (Wildman–Crippen MR) is 78.8 cm³/mol. The maximum absolute atomic E-state index is 13.2. The van der Waals surface area contributed by atoms with Crippen LogP contribution in [0.5, 0.6) is 0 Å². The van der Waals surface area contributed by atoms with Crippen LogP contribution in [0.4, 0.5) is 10.1 Å². The Bertz CT molecular complexity index is 650. The third-order valence-corrected chi connectivity index (χ3v) is 6.58. The number of nitrogens with two attached hydrogens (primary N) is 1. The van der Waals surface area contributed by atoms with E-state index in [0.717, 1.165) is 25.3 Å². The summed E-state index contributed by atoms with van der Waals surface area (Å²) in [6, 6.07) is 4.34. The summed E-state index contributed by atoms with van der Waals surface area (Å²) < 4.78 is 40.2. The van der Waals surface area contributed by atoms with Gasteiger partial charge in [0.2, 0.25) is 10.0 Å². The Labute approximate surface area is 124 Å². The number of hydrogen-bond donors (Lipinski definition) is 1. The smallest absolute Gasteiger partial charge is 0.243 e. The minimum atomic E-state index is -3.61. The molecule has 0 spiro atoms. The van der Waals surface area contributed by atoms with Crippen molar-refractivity contribution in [1.82, 2.24) is 9.21 Å². The van der Waals surface area contributed by atoms with E-state index in [9.17, 15) is 12.8 Å². The fourth-order valence-electron chi connectivity index (χ4n) is 3.33. The number of nitrogen functional groups attached to an aromatic ring is 1. The van der Waals surface area contributed by atoms with Crippen molar-refractivity contribution in [2.75, 3.05) is 25.9 Å². The molecule has 1 aromatic rings. The maximum atomic E-state index is 13.2. The van der Waals surface area contributed by atoms with Crippen molar-refractivity contribution in [2.45, 2.75) is 36.2 Å². The minimum Gasteiger partial charge on any atom is -0.396 e. The third kappa shape index (κ3) is 2.54. The summed E-state index contributed by atoms with van der Waals surface area (Å²) in [6.45, 7) is 0.998. The van der Waals surface area contributed by atoms with Gasteiger partial charge in [-0.25, -0.2) is 12.8 Å². The molecule has 116 valence electrons. The molecule has 2 aliphatic rings. The zero-order chi connectivity index (χ0) is 15.2. The van der Waals surface area contributed by atoms with Crippen molar-refractivity contribution in [3.63, 3.8) is 0 Å². The molecule has 1 aromatic carbocycles. The second-order valence-electron chi connectivity index (χ2n) is 5.89. The van der Waals surface area contributed by atoms with Gasteiger partial charge in [-0.1, -0.05) is 0 Å². The van der Waals surface area contributed by atoms with E-state index in [1.165, 1.54) is 16.4 Å². The van der Waals surface area contributed by atoms with Gasteiger partial charge in [0.1, 0.15) is 5.82 Å². The highest BCUT2D eigenvalue weighted by molar-refractivity contribution is 7.89. The number of benzene rings is 1. The Morgan fingerprint density at radius 2 is 1.95 bits per heavy atom. The maximum Gasteiger partial charge on any atom is 0.243 e. The van der Waals surface area contributed by atoms with Crippen LogP contribution in [0.3, 0.4) is 0 Å². The van der Waals surface area contributed by atoms with Gasteiger partial charge < -0.3 is 5.73 Å². The Morgan fingerprint density at radius 1 is 1.24 bits per heavy atom. The molecule has 3 rings (SSSR count). The van der Waals surface area contributed by atoms with E-state index in [2.05, 4.69) is 11.9 Å². The number of sulfonamides is 1. The van der Waals surface area contributed by atoms with Crippen molar-refractivity contribution >= 4 is 15.7 Å². The Balaban J connectivity index is 1.89. The highest BCUT2D eigenvalue weighted by atomic mass is 32.2. The van der Waals surface area contributed by atoms with Crippen LogP contribution in [0, 0.1) is 5.82 Å². The number of likely N-dealkylation sites (N-methyl/N-ethyl adjacent to an activating group) is 1. The topological polar surface area (TPSA) is 66.6 Å². The minimum absolute atomic E-state index is 0.0711. The highest BCUT2D eigenvalue weighted by Crippen LogP contribution is 2.31. The lowest BCUT2D eigenvalue weighted by atomic mass is 10.1. The van der Waals surface area contributed by atoms with E-state index in [1.54, 1.807) is 0 Å². The lowest BCUT2D eigenvalue weighted by Gasteiger charge is -2.25. The summed E-state index contributed by atoms with van der Waals surface area (Å²) in [7, 11) is -1.55. The highest BCUT2D eigenvalue weighted by Gasteiger charge is 2.38. The molecule has 5 nitrogen and oxygen atoms in total. The standard InChI is InChI=1S/C14H20FN3O2S/c1-17-10-2-3-11(17)9-18(7-6-10)21(19,20)12-4-5-13(15)14(16)8-12/h4-5,8,10-11H,2-3,6-7,9,16H2,1H3. The lowest BCUT2D eigenvalue weighted by Crippen LogP contribution is -2.39. The molecule has 2 heterocycles. The van der Waals surface area contributed by atoms with E-state index in [1.807, 2.05) is 0 Å².